The van der Waals surface area contributed by atoms with Crippen LogP contribution in [0.3, 0.4) is 0 Å². The second kappa shape index (κ2) is 5.78. The zero-order chi connectivity index (χ0) is 16.6. The van der Waals surface area contributed by atoms with Gasteiger partial charge in [0, 0.05) is 23.2 Å². The summed E-state index contributed by atoms with van der Waals surface area (Å²) in [6.07, 6.45) is 0. The second-order valence-corrected chi connectivity index (χ2v) is 6.78. The predicted molar refractivity (Wildman–Crippen MR) is 82.9 cm³/mol. The highest BCUT2D eigenvalue weighted by Crippen LogP contribution is 2.29. The van der Waals surface area contributed by atoms with Gasteiger partial charge in [0.1, 0.15) is 16.5 Å². The summed E-state index contributed by atoms with van der Waals surface area (Å²) in [5.41, 5.74) is 0.488. The third-order valence-electron chi connectivity index (χ3n) is 3.15. The molecule has 0 bridgehead atoms. The first kappa shape index (κ1) is 15.7. The number of benzene rings is 2. The van der Waals surface area contributed by atoms with Gasteiger partial charge in [0.15, 0.2) is 0 Å². The molecule has 2 aromatic rings. The number of guanidine groups is 1. The fourth-order valence-corrected chi connectivity index (χ4v) is 3.41. The van der Waals surface area contributed by atoms with Gasteiger partial charge in [0.2, 0.25) is 5.96 Å². The number of anilines is 1. The maximum atomic E-state index is 13.6. The van der Waals surface area contributed by atoms with Gasteiger partial charge in [-0.2, -0.15) is 8.42 Å². The van der Waals surface area contributed by atoms with Crippen LogP contribution in [0.4, 0.5) is 14.5 Å². The normalized spacial score (nSPS) is 15.3. The highest BCUT2D eigenvalue weighted by atomic mass is 35.5. The van der Waals surface area contributed by atoms with Gasteiger partial charge in [-0.1, -0.05) is 17.7 Å². The fourth-order valence-electron chi connectivity index (χ4n) is 2.05. The lowest BCUT2D eigenvalue weighted by molar-refractivity contribution is 0.570. The molecular weight excluding hydrogens is 348 g/mol. The lowest BCUT2D eigenvalue weighted by atomic mass is 10.2. The van der Waals surface area contributed by atoms with E-state index in [4.69, 9.17) is 11.6 Å². The summed E-state index contributed by atoms with van der Waals surface area (Å²) >= 11 is 5.78. The van der Waals surface area contributed by atoms with Crippen molar-refractivity contribution >= 4 is 33.3 Å². The summed E-state index contributed by atoms with van der Waals surface area (Å²) in [4.78, 5) is -0.0384. The molecule has 0 aliphatic carbocycles. The van der Waals surface area contributed by atoms with E-state index in [1.54, 1.807) is 0 Å². The van der Waals surface area contributed by atoms with Gasteiger partial charge >= 0.3 is 0 Å². The number of rotatable bonds is 2. The van der Waals surface area contributed by atoms with E-state index >= 15 is 0 Å². The van der Waals surface area contributed by atoms with Crippen molar-refractivity contribution in [2.75, 3.05) is 5.32 Å². The van der Waals surface area contributed by atoms with E-state index in [2.05, 4.69) is 15.0 Å². The van der Waals surface area contributed by atoms with Gasteiger partial charge in [0.05, 0.1) is 5.69 Å². The Morgan fingerprint density at radius 2 is 1.96 bits per heavy atom. The smallest absolute Gasteiger partial charge is 0.287 e. The molecule has 3 rings (SSSR count). The van der Waals surface area contributed by atoms with Crippen LogP contribution in [0, 0.1) is 11.6 Å². The van der Waals surface area contributed by atoms with Crippen LogP contribution in [0.2, 0.25) is 5.02 Å². The molecule has 0 atom stereocenters. The van der Waals surface area contributed by atoms with E-state index in [0.29, 0.717) is 5.69 Å². The summed E-state index contributed by atoms with van der Waals surface area (Å²) in [5.74, 6) is -1.47. The van der Waals surface area contributed by atoms with Crippen LogP contribution < -0.4 is 10.6 Å². The number of hydrogen-bond acceptors (Lipinski definition) is 4. The number of fused-ring (bicyclic) bond motifs is 1. The Kier molecular flexibility index (Phi) is 3.95. The van der Waals surface area contributed by atoms with Gasteiger partial charge < -0.3 is 10.6 Å². The lowest BCUT2D eigenvalue weighted by Gasteiger charge is -2.19. The van der Waals surface area contributed by atoms with E-state index in [0.717, 1.165) is 12.1 Å². The minimum Gasteiger partial charge on any atom is -0.351 e. The zero-order valence-electron chi connectivity index (χ0n) is 11.5. The fraction of sp³-hybridized carbons (Fsp3) is 0.0714. The number of hydrogen-bond donors (Lipinski definition) is 2. The van der Waals surface area contributed by atoms with Crippen molar-refractivity contribution in [3.05, 3.63) is 58.6 Å². The first-order valence-electron chi connectivity index (χ1n) is 6.44. The number of nitrogens with zero attached hydrogens (tertiary/aromatic N) is 1. The van der Waals surface area contributed by atoms with E-state index < -0.39 is 21.7 Å². The summed E-state index contributed by atoms with van der Waals surface area (Å²) in [6.45, 7) is -0.0591. The molecule has 2 N–H and O–H groups in total. The summed E-state index contributed by atoms with van der Waals surface area (Å²) < 4.78 is 54.2. The number of nitrogens with one attached hydrogen (secondary N) is 2. The largest absolute Gasteiger partial charge is 0.351 e. The monoisotopic (exact) mass is 357 g/mol. The molecular formula is C14H10ClF2N3O2S. The van der Waals surface area contributed by atoms with E-state index in [1.807, 2.05) is 0 Å². The molecule has 23 heavy (non-hydrogen) atoms. The molecule has 1 aliphatic rings. The average molecular weight is 358 g/mol. The maximum Gasteiger partial charge on any atom is 0.287 e. The van der Waals surface area contributed by atoms with Gasteiger partial charge in [0.25, 0.3) is 10.0 Å². The summed E-state index contributed by atoms with van der Waals surface area (Å²) in [6, 6.07) is 7.46. The maximum absolute atomic E-state index is 13.6. The molecule has 5 nitrogen and oxygen atoms in total. The summed E-state index contributed by atoms with van der Waals surface area (Å²) in [7, 11) is -3.91. The predicted octanol–water partition coefficient (Wildman–Crippen LogP) is 2.88. The Labute approximate surface area is 136 Å². The Morgan fingerprint density at radius 3 is 2.70 bits per heavy atom. The SMILES string of the molecule is O=S1(=O)N=C(NCc2ccc(F)cc2F)Nc2ccc(Cl)cc21. The molecule has 1 heterocycles. The topological polar surface area (TPSA) is 70.6 Å². The zero-order valence-corrected chi connectivity index (χ0v) is 13.0. The molecule has 9 heteroatoms. The molecule has 2 aromatic carbocycles. The quantitative estimate of drug-likeness (QED) is 0.867. The Hall–Kier alpha value is -2.19. The van der Waals surface area contributed by atoms with E-state index in [9.17, 15) is 17.2 Å². The average Bonchev–Trinajstić information content (AvgIpc) is 2.47. The third-order valence-corrected chi connectivity index (χ3v) is 4.70. The van der Waals surface area contributed by atoms with Crippen molar-refractivity contribution in [2.45, 2.75) is 11.4 Å². The Bertz CT molecular complexity index is 916. The summed E-state index contributed by atoms with van der Waals surface area (Å²) in [5, 5.41) is 5.73. The van der Waals surface area contributed by atoms with Gasteiger partial charge in [-0.15, -0.1) is 4.40 Å². The highest BCUT2D eigenvalue weighted by Gasteiger charge is 2.25. The lowest BCUT2D eigenvalue weighted by Crippen LogP contribution is -2.34. The first-order valence-corrected chi connectivity index (χ1v) is 8.26. The molecule has 0 radical (unpaired) electrons. The van der Waals surface area contributed by atoms with Crippen LogP contribution in [0.25, 0.3) is 0 Å². The van der Waals surface area contributed by atoms with Crippen molar-refractivity contribution in [3.8, 4) is 0 Å². The van der Waals surface area contributed by atoms with Crippen molar-refractivity contribution in [2.24, 2.45) is 4.40 Å². The molecule has 0 amide bonds. The van der Waals surface area contributed by atoms with Gasteiger partial charge in [-0.3, -0.25) is 0 Å². The van der Waals surface area contributed by atoms with Crippen LogP contribution in [-0.2, 0) is 16.6 Å². The van der Waals surface area contributed by atoms with Crippen LogP contribution in [-0.4, -0.2) is 14.4 Å². The van der Waals surface area contributed by atoms with Gasteiger partial charge in [-0.05, 0) is 24.3 Å². The molecule has 0 aromatic heterocycles. The molecule has 0 saturated heterocycles. The van der Waals surface area contributed by atoms with Crippen LogP contribution in [0.5, 0.6) is 0 Å². The van der Waals surface area contributed by atoms with Gasteiger partial charge in [-0.25, -0.2) is 8.78 Å². The minimum atomic E-state index is -3.91. The van der Waals surface area contributed by atoms with Crippen LogP contribution in [0.1, 0.15) is 5.56 Å². The standard InChI is InChI=1S/C14H10ClF2N3O2S/c15-9-2-4-12-13(5-9)23(21,22)20-14(19-12)18-7-8-1-3-10(16)6-11(8)17/h1-6H,7H2,(H2,18,19,20). The molecule has 0 spiro atoms. The molecule has 0 saturated carbocycles. The van der Waals surface area contributed by atoms with Crippen molar-refractivity contribution < 1.29 is 17.2 Å². The molecule has 120 valence electrons. The molecule has 1 aliphatic heterocycles. The van der Waals surface area contributed by atoms with Crippen LogP contribution in [0.15, 0.2) is 45.7 Å². The second-order valence-electron chi connectivity index (χ2n) is 4.77. The first-order chi connectivity index (χ1) is 10.8. The van der Waals surface area contributed by atoms with E-state index in [1.165, 1.54) is 24.3 Å². The van der Waals surface area contributed by atoms with E-state index in [-0.39, 0.29) is 28.0 Å². The molecule has 0 fully saturated rings. The van der Waals surface area contributed by atoms with Crippen LogP contribution >= 0.6 is 11.6 Å². The third kappa shape index (κ3) is 3.27. The minimum absolute atomic E-state index is 0.0384. The number of sulfonamides is 1. The number of halogens is 3. The molecule has 0 unspecified atom stereocenters. The van der Waals surface area contributed by atoms with Crippen molar-refractivity contribution in [3.63, 3.8) is 0 Å². The van der Waals surface area contributed by atoms with Crippen molar-refractivity contribution in [1.82, 2.24) is 5.32 Å². The Morgan fingerprint density at radius 1 is 1.17 bits per heavy atom. The highest BCUT2D eigenvalue weighted by molar-refractivity contribution is 7.90. The Balaban J connectivity index is 1.83. The van der Waals surface area contributed by atoms with Crippen molar-refractivity contribution in [1.29, 1.82) is 0 Å².